The lowest BCUT2D eigenvalue weighted by molar-refractivity contribution is -0.145. The molecule has 0 fully saturated rings. The lowest BCUT2D eigenvalue weighted by atomic mass is 9.91. The van der Waals surface area contributed by atoms with Crippen LogP contribution in [-0.2, 0) is 91.1 Å². The van der Waals surface area contributed by atoms with Gasteiger partial charge in [0, 0.05) is 51.6 Å². The Hall–Kier alpha value is -9.58. The lowest BCUT2D eigenvalue weighted by Crippen LogP contribution is -2.55. The molecule has 0 saturated heterocycles. The SMILES string of the molecule is N[C@@H](CCC(=O)[C@H](Cc1ccccc1)NC(=O)[C@@H](CC(=O)CNC(=O)CC[C@@H](CC(=O)[C@H](Cc1ccccc1)NC(=O)CC[C@H](NC(=O)N[C@@H](CCC(=O)O)OC=O)C(=O)O)C(=O)O)Cc1ccccc1)C(=O)N[C@@H](CC(=O)O)C(=O)N[C@@H](CS)C(=O)O.[HH]. The number of amides is 7. The smallest absolute Gasteiger partial charge is 0.327 e. The number of carboxylic acids is 5. The van der Waals surface area contributed by atoms with Crippen LogP contribution in [0.4, 0.5) is 4.79 Å². The van der Waals surface area contributed by atoms with Crippen LogP contribution in [0.1, 0.15) is 88.7 Å². The molecule has 0 aliphatic rings. The molecular weight excluding hydrogens is 1180 g/mol. The second kappa shape index (κ2) is 38.5. The number of urea groups is 1. The van der Waals surface area contributed by atoms with E-state index in [1.165, 1.54) is 0 Å². The van der Waals surface area contributed by atoms with Crippen molar-refractivity contribution >= 4 is 102 Å². The fraction of sp³-hybridized carbons (Fsp3) is 0.431. The Bertz CT molecular complexity index is 2930. The van der Waals surface area contributed by atoms with Gasteiger partial charge in [0.25, 0.3) is 6.47 Å². The van der Waals surface area contributed by atoms with Gasteiger partial charge < -0.3 is 73.2 Å². The molecule has 29 nitrogen and oxygen atoms in total. The number of carbonyl (C=O) groups is 15. The van der Waals surface area contributed by atoms with E-state index in [-0.39, 0.29) is 45.8 Å². The summed E-state index contributed by atoms with van der Waals surface area (Å²) in [6.45, 7) is -0.676. The molecule has 0 aliphatic heterocycles. The van der Waals surface area contributed by atoms with Crippen molar-refractivity contribution in [1.29, 1.82) is 0 Å². The van der Waals surface area contributed by atoms with Gasteiger partial charge in [-0.15, -0.1) is 0 Å². The molecule has 0 aromatic heterocycles. The summed E-state index contributed by atoms with van der Waals surface area (Å²) in [5, 5.41) is 63.6. The molecule has 9 atom stereocenters. The van der Waals surface area contributed by atoms with E-state index in [1.807, 2.05) is 0 Å². The number of ether oxygens (including phenoxy) is 1. The predicted molar refractivity (Wildman–Crippen MR) is 312 cm³/mol. The number of carboxylic acid groups (broad SMARTS) is 5. The monoisotopic (exact) mass is 1250 g/mol. The van der Waals surface area contributed by atoms with Crippen LogP contribution in [0.25, 0.3) is 0 Å². The van der Waals surface area contributed by atoms with Crippen LogP contribution in [0.2, 0.25) is 0 Å². The van der Waals surface area contributed by atoms with E-state index < -0.39 is 201 Å². The third kappa shape index (κ3) is 28.1. The molecule has 0 aliphatic carbocycles. The number of Topliss-reactive ketones (excluding diaryl/α,β-unsaturated/α-hetero) is 3. The zero-order valence-corrected chi connectivity index (χ0v) is 48.4. The minimum absolute atomic E-state index is 0. The molecule has 3 aromatic carbocycles. The molecular formula is C58H74N8O21S. The molecule has 0 heterocycles. The lowest BCUT2D eigenvalue weighted by Gasteiger charge is -2.23. The number of hydrogen-bond donors (Lipinski definition) is 14. The van der Waals surface area contributed by atoms with E-state index in [0.717, 1.165) is 0 Å². The molecule has 0 spiro atoms. The number of nitrogens with two attached hydrogens (primary N) is 1. The summed E-state index contributed by atoms with van der Waals surface area (Å²) in [7, 11) is 0. The molecule has 3 aromatic rings. The quantitative estimate of drug-likeness (QED) is 0.0203. The molecule has 478 valence electrons. The molecule has 14 N–H and O–H groups in total. The van der Waals surface area contributed by atoms with E-state index in [0.29, 0.717) is 16.7 Å². The van der Waals surface area contributed by atoms with Gasteiger partial charge in [-0.05, 0) is 55.2 Å². The number of ketones is 3. The van der Waals surface area contributed by atoms with Crippen molar-refractivity contribution in [3.05, 3.63) is 108 Å². The van der Waals surface area contributed by atoms with Crippen molar-refractivity contribution < 1.29 is 104 Å². The van der Waals surface area contributed by atoms with Gasteiger partial charge >= 0.3 is 35.9 Å². The number of aliphatic carboxylic acids is 5. The first-order valence-electron chi connectivity index (χ1n) is 27.6. The average Bonchev–Trinajstić information content (AvgIpc) is 3.56. The van der Waals surface area contributed by atoms with Crippen LogP contribution in [0.3, 0.4) is 0 Å². The first kappa shape index (κ1) is 72.7. The van der Waals surface area contributed by atoms with E-state index in [2.05, 4.69) is 54.6 Å². The van der Waals surface area contributed by atoms with Crippen LogP contribution in [0.15, 0.2) is 91.0 Å². The zero-order valence-electron chi connectivity index (χ0n) is 47.5. The van der Waals surface area contributed by atoms with Crippen LogP contribution in [0.5, 0.6) is 0 Å². The standard InChI is InChI=1S/C58H72N8O21S.H2/c59-39(53(78)63-43(29-51(75)76)54(79)64-44(31-88)57(84)85)17-19-45(69)41(25-34-12-6-2-7-13-34)62-52(77)37(24-33-10-4-1-5-11-33)27-38(68)30-60-47(71)20-16-36(55(80)81)28-46(70)42(26-35-14-8-3-9-15-35)61-48(72)21-18-40(56(82)83)65-58(86)66-49(87-32-67)22-23-50(73)74;/h1-15,32,36-37,39-44,49,88H,16-31,59H2,(H,60,71)(H,61,72)(H,62,77)(H,63,78)(H,64,79)(H,73,74)(H,75,76)(H,80,81)(H,82,83)(H,84,85)(H2,65,66,86);1H/t36-,37+,39-,40-,41-,42-,43-,44-,49+;/m0./s1. The maximum Gasteiger partial charge on any atom is 0.327 e. The maximum absolute atomic E-state index is 14.2. The highest BCUT2D eigenvalue weighted by molar-refractivity contribution is 7.80. The first-order chi connectivity index (χ1) is 41.8. The second-order valence-electron chi connectivity index (χ2n) is 20.3. The largest absolute Gasteiger partial charge is 0.481 e. The van der Waals surface area contributed by atoms with Crippen LogP contribution < -0.4 is 43.0 Å². The summed E-state index contributed by atoms with van der Waals surface area (Å²) in [6.07, 6.45) is -7.46. The van der Waals surface area contributed by atoms with Crippen molar-refractivity contribution in [1.82, 2.24) is 37.2 Å². The Balaban J connectivity index is 0.0000270. The van der Waals surface area contributed by atoms with E-state index in [1.54, 1.807) is 91.0 Å². The van der Waals surface area contributed by atoms with E-state index in [4.69, 9.17) is 10.8 Å². The third-order valence-corrected chi connectivity index (χ3v) is 13.8. The van der Waals surface area contributed by atoms with Crippen molar-refractivity contribution in [2.45, 2.75) is 132 Å². The zero-order chi connectivity index (χ0) is 65.3. The minimum Gasteiger partial charge on any atom is -0.481 e. The van der Waals surface area contributed by atoms with Gasteiger partial charge in [0.2, 0.25) is 29.5 Å². The number of carbonyl (C=O) groups excluding carboxylic acids is 10. The molecule has 7 amide bonds. The highest BCUT2D eigenvalue weighted by Gasteiger charge is 2.33. The fourth-order valence-electron chi connectivity index (χ4n) is 8.64. The highest BCUT2D eigenvalue weighted by atomic mass is 32.1. The first-order valence-corrected chi connectivity index (χ1v) is 28.2. The molecule has 0 saturated carbocycles. The molecule has 88 heavy (non-hydrogen) atoms. The maximum atomic E-state index is 14.2. The van der Waals surface area contributed by atoms with Crippen molar-refractivity contribution in [2.24, 2.45) is 17.6 Å². The van der Waals surface area contributed by atoms with Crippen LogP contribution in [-0.4, -0.2) is 170 Å². The fourth-order valence-corrected chi connectivity index (χ4v) is 8.88. The Morgan fingerprint density at radius 2 is 1.00 bits per heavy atom. The normalized spacial score (nSPS) is 13.9. The molecule has 30 heteroatoms. The number of rotatable bonds is 43. The second-order valence-corrected chi connectivity index (χ2v) is 20.6. The Morgan fingerprint density at radius 1 is 0.477 bits per heavy atom. The molecule has 3 rings (SSSR count). The Kier molecular flexibility index (Phi) is 31.8. The molecule has 0 bridgehead atoms. The summed E-state index contributed by atoms with van der Waals surface area (Å²) in [6, 6.07) is 15.0. The average molecular weight is 1250 g/mol. The molecule has 0 unspecified atom stereocenters. The van der Waals surface area contributed by atoms with Gasteiger partial charge in [0.15, 0.2) is 23.6 Å². The highest BCUT2D eigenvalue weighted by Crippen LogP contribution is 2.19. The van der Waals surface area contributed by atoms with Gasteiger partial charge in [0.1, 0.15) is 18.1 Å². The van der Waals surface area contributed by atoms with E-state index >= 15 is 0 Å². The van der Waals surface area contributed by atoms with Gasteiger partial charge in [-0.3, -0.25) is 57.5 Å². The topological polar surface area (TPSA) is 477 Å². The van der Waals surface area contributed by atoms with Crippen molar-refractivity contribution in [2.75, 3.05) is 12.3 Å². The van der Waals surface area contributed by atoms with Crippen LogP contribution in [0, 0.1) is 11.8 Å². The number of benzene rings is 3. The van der Waals surface area contributed by atoms with Crippen molar-refractivity contribution in [3.63, 3.8) is 0 Å². The number of thiol groups is 1. The van der Waals surface area contributed by atoms with Gasteiger partial charge in [-0.2, -0.15) is 12.6 Å². The van der Waals surface area contributed by atoms with Gasteiger partial charge in [-0.25, -0.2) is 14.4 Å². The summed E-state index contributed by atoms with van der Waals surface area (Å²) >= 11 is 3.85. The van der Waals surface area contributed by atoms with E-state index in [9.17, 15) is 92.3 Å². The predicted octanol–water partition coefficient (Wildman–Crippen LogP) is 0.0937. The summed E-state index contributed by atoms with van der Waals surface area (Å²) in [5.41, 5.74) is 7.86. The summed E-state index contributed by atoms with van der Waals surface area (Å²) in [5.74, 6) is -16.9. The summed E-state index contributed by atoms with van der Waals surface area (Å²) < 4.78 is 4.62. The van der Waals surface area contributed by atoms with Crippen molar-refractivity contribution in [3.8, 4) is 0 Å². The minimum atomic E-state index is -1.76. The number of nitrogens with one attached hydrogen (secondary N) is 7. The van der Waals surface area contributed by atoms with Gasteiger partial charge in [-0.1, -0.05) is 91.0 Å². The van der Waals surface area contributed by atoms with Gasteiger partial charge in [0.05, 0.1) is 43.4 Å². The molecule has 0 radical (unpaired) electrons. The number of hydrogen-bond acceptors (Lipinski definition) is 18. The Morgan fingerprint density at radius 3 is 1.51 bits per heavy atom. The Labute approximate surface area is 510 Å². The summed E-state index contributed by atoms with van der Waals surface area (Å²) in [4.78, 5) is 190. The third-order valence-electron chi connectivity index (χ3n) is 13.4. The van der Waals surface area contributed by atoms with Crippen LogP contribution >= 0.6 is 12.6 Å².